The molecule has 0 aliphatic rings. The zero-order chi connectivity index (χ0) is 13.0. The first-order valence-corrected chi connectivity index (χ1v) is 6.37. The van der Waals surface area contributed by atoms with Crippen molar-refractivity contribution in [1.29, 1.82) is 0 Å². The number of anilines is 2. The summed E-state index contributed by atoms with van der Waals surface area (Å²) in [4.78, 5) is 19.7. The minimum atomic E-state index is -1.06. The summed E-state index contributed by atoms with van der Waals surface area (Å²) < 4.78 is 0. The van der Waals surface area contributed by atoms with Crippen LogP contribution in [0.25, 0.3) is 0 Å². The first-order chi connectivity index (χ1) is 8.70. The van der Waals surface area contributed by atoms with Crippen molar-refractivity contribution in [3.05, 3.63) is 42.4 Å². The molecule has 0 unspecified atom stereocenters. The molecule has 0 fully saturated rings. The van der Waals surface area contributed by atoms with E-state index in [2.05, 4.69) is 15.3 Å². The molecule has 1 aromatic carbocycles. The monoisotopic (exact) mass is 261 g/mol. The molecule has 6 heteroatoms. The van der Waals surface area contributed by atoms with Gasteiger partial charge in [0.15, 0.2) is 0 Å². The molecule has 2 rings (SSSR count). The zero-order valence-corrected chi connectivity index (χ0v) is 10.4. The maximum Gasteiger partial charge on any atom is 0.341 e. The van der Waals surface area contributed by atoms with Gasteiger partial charge in [-0.3, -0.25) is 0 Å². The van der Waals surface area contributed by atoms with E-state index in [1.165, 1.54) is 12.5 Å². The van der Waals surface area contributed by atoms with E-state index in [1.807, 2.05) is 30.5 Å². The Morgan fingerprint density at radius 1 is 1.44 bits per heavy atom. The first kappa shape index (κ1) is 12.4. The number of carbonyl (C=O) groups is 1. The van der Waals surface area contributed by atoms with E-state index in [4.69, 9.17) is 5.11 Å². The maximum absolute atomic E-state index is 11.0. The lowest BCUT2D eigenvalue weighted by Crippen LogP contribution is -2.05. The molecule has 0 atom stereocenters. The summed E-state index contributed by atoms with van der Waals surface area (Å²) in [6, 6.07) is 7.66. The number of nitrogens with one attached hydrogen (secondary N) is 1. The number of benzene rings is 1. The molecule has 0 saturated carbocycles. The van der Waals surface area contributed by atoms with Crippen LogP contribution < -0.4 is 5.32 Å². The summed E-state index contributed by atoms with van der Waals surface area (Å²) >= 11 is 1.61. The summed E-state index contributed by atoms with van der Waals surface area (Å²) in [7, 11) is 0. The normalized spacial score (nSPS) is 10.1. The van der Waals surface area contributed by atoms with E-state index < -0.39 is 5.97 Å². The molecule has 92 valence electrons. The number of carboxylic acids is 1. The summed E-state index contributed by atoms with van der Waals surface area (Å²) in [5.74, 6) is -0.769. The molecule has 0 saturated heterocycles. The second-order valence-corrected chi connectivity index (χ2v) is 4.33. The van der Waals surface area contributed by atoms with Crippen molar-refractivity contribution in [3.63, 3.8) is 0 Å². The lowest BCUT2D eigenvalue weighted by Gasteiger charge is -2.08. The second-order valence-electron chi connectivity index (χ2n) is 3.45. The minimum absolute atomic E-state index is 0.0482. The van der Waals surface area contributed by atoms with E-state index in [9.17, 15) is 4.79 Å². The Labute approximate surface area is 108 Å². The first-order valence-electron chi connectivity index (χ1n) is 5.15. The lowest BCUT2D eigenvalue weighted by molar-refractivity contribution is 0.0697. The summed E-state index contributed by atoms with van der Waals surface area (Å²) in [6.07, 6.45) is 4.57. The van der Waals surface area contributed by atoms with E-state index >= 15 is 0 Å². The van der Waals surface area contributed by atoms with Crippen LogP contribution in [0.1, 0.15) is 10.4 Å². The number of aromatic carboxylic acids is 1. The molecule has 1 heterocycles. The molecule has 0 aliphatic carbocycles. The van der Waals surface area contributed by atoms with Crippen LogP contribution in [-0.2, 0) is 0 Å². The van der Waals surface area contributed by atoms with Gasteiger partial charge in [0.05, 0.1) is 0 Å². The van der Waals surface area contributed by atoms with Crippen LogP contribution in [0.4, 0.5) is 11.5 Å². The smallest absolute Gasteiger partial charge is 0.341 e. The van der Waals surface area contributed by atoms with Gasteiger partial charge in [-0.25, -0.2) is 14.8 Å². The van der Waals surface area contributed by atoms with Gasteiger partial charge in [0.1, 0.15) is 17.7 Å². The SMILES string of the molecule is CSc1cccc(Nc2ncncc2C(=O)O)c1. The van der Waals surface area contributed by atoms with E-state index in [1.54, 1.807) is 11.8 Å². The third-order valence-electron chi connectivity index (χ3n) is 2.28. The summed E-state index contributed by atoms with van der Waals surface area (Å²) in [6.45, 7) is 0. The summed E-state index contributed by atoms with van der Waals surface area (Å²) in [5, 5.41) is 12.0. The van der Waals surface area contributed by atoms with Gasteiger partial charge in [-0.15, -0.1) is 11.8 Å². The van der Waals surface area contributed by atoms with Crippen LogP contribution in [0.2, 0.25) is 0 Å². The molecular weight excluding hydrogens is 250 g/mol. The highest BCUT2D eigenvalue weighted by Gasteiger charge is 2.11. The van der Waals surface area contributed by atoms with Crippen molar-refractivity contribution in [3.8, 4) is 0 Å². The Balaban J connectivity index is 2.31. The van der Waals surface area contributed by atoms with E-state index in [-0.39, 0.29) is 11.4 Å². The fraction of sp³-hybridized carbons (Fsp3) is 0.0833. The number of hydrogen-bond donors (Lipinski definition) is 2. The average Bonchev–Trinajstić information content (AvgIpc) is 2.39. The Bertz CT molecular complexity index is 575. The maximum atomic E-state index is 11.0. The van der Waals surface area contributed by atoms with Gasteiger partial charge in [-0.2, -0.15) is 0 Å². The van der Waals surface area contributed by atoms with E-state index in [0.717, 1.165) is 10.6 Å². The lowest BCUT2D eigenvalue weighted by atomic mass is 10.3. The Kier molecular flexibility index (Phi) is 3.78. The van der Waals surface area contributed by atoms with Gasteiger partial charge >= 0.3 is 5.97 Å². The van der Waals surface area contributed by atoms with Crippen molar-refractivity contribution in [2.24, 2.45) is 0 Å². The highest BCUT2D eigenvalue weighted by atomic mass is 32.2. The molecule has 0 bridgehead atoms. The van der Waals surface area contributed by atoms with Crippen LogP contribution in [0, 0.1) is 0 Å². The molecule has 0 amide bonds. The molecule has 1 aromatic heterocycles. The zero-order valence-electron chi connectivity index (χ0n) is 9.62. The van der Waals surface area contributed by atoms with E-state index in [0.29, 0.717) is 0 Å². The summed E-state index contributed by atoms with van der Waals surface area (Å²) in [5.41, 5.74) is 0.843. The standard InChI is InChI=1S/C12H11N3O2S/c1-18-9-4-2-3-8(5-9)15-11-10(12(16)17)6-13-7-14-11/h2-7H,1H3,(H,16,17)(H,13,14,15). The molecule has 0 spiro atoms. The molecule has 2 N–H and O–H groups in total. The number of rotatable bonds is 4. The largest absolute Gasteiger partial charge is 0.477 e. The fourth-order valence-electron chi connectivity index (χ4n) is 1.42. The quantitative estimate of drug-likeness (QED) is 0.824. The van der Waals surface area contributed by atoms with Crippen LogP contribution in [0.15, 0.2) is 41.7 Å². The predicted octanol–water partition coefficient (Wildman–Crippen LogP) is 2.64. The van der Waals surface area contributed by atoms with Crippen molar-refractivity contribution >= 4 is 29.2 Å². The fourth-order valence-corrected chi connectivity index (χ4v) is 1.88. The number of carboxylic acid groups (broad SMARTS) is 1. The van der Waals surface area contributed by atoms with Gasteiger partial charge in [0.2, 0.25) is 0 Å². The Morgan fingerprint density at radius 2 is 2.28 bits per heavy atom. The van der Waals surface area contributed by atoms with Gasteiger partial charge in [-0.05, 0) is 24.5 Å². The van der Waals surface area contributed by atoms with Crippen LogP contribution in [-0.4, -0.2) is 27.3 Å². The molecule has 5 nitrogen and oxygen atoms in total. The topological polar surface area (TPSA) is 75.1 Å². The number of nitrogens with zero attached hydrogens (tertiary/aromatic N) is 2. The highest BCUT2D eigenvalue weighted by molar-refractivity contribution is 7.98. The third-order valence-corrected chi connectivity index (χ3v) is 3.00. The molecule has 18 heavy (non-hydrogen) atoms. The van der Waals surface area contributed by atoms with Gasteiger partial charge in [0, 0.05) is 16.8 Å². The number of hydrogen-bond acceptors (Lipinski definition) is 5. The molecule has 0 aliphatic heterocycles. The minimum Gasteiger partial charge on any atom is -0.477 e. The molecule has 2 aromatic rings. The van der Waals surface area contributed by atoms with Gasteiger partial charge in [-0.1, -0.05) is 6.07 Å². The second kappa shape index (κ2) is 5.50. The van der Waals surface area contributed by atoms with Crippen molar-refractivity contribution in [2.75, 3.05) is 11.6 Å². The molecular formula is C12H11N3O2S. The average molecular weight is 261 g/mol. The van der Waals surface area contributed by atoms with Crippen molar-refractivity contribution < 1.29 is 9.90 Å². The van der Waals surface area contributed by atoms with Gasteiger partial charge < -0.3 is 10.4 Å². The molecule has 0 radical (unpaired) electrons. The Hall–Kier alpha value is -2.08. The number of aromatic nitrogens is 2. The predicted molar refractivity (Wildman–Crippen MR) is 70.5 cm³/mol. The van der Waals surface area contributed by atoms with Crippen LogP contribution >= 0.6 is 11.8 Å². The Morgan fingerprint density at radius 3 is 3.00 bits per heavy atom. The van der Waals surface area contributed by atoms with Crippen molar-refractivity contribution in [1.82, 2.24) is 9.97 Å². The third kappa shape index (κ3) is 2.78. The van der Waals surface area contributed by atoms with Crippen LogP contribution in [0.5, 0.6) is 0 Å². The number of thioether (sulfide) groups is 1. The van der Waals surface area contributed by atoms with Gasteiger partial charge in [0.25, 0.3) is 0 Å². The van der Waals surface area contributed by atoms with Crippen molar-refractivity contribution in [2.45, 2.75) is 4.90 Å². The highest BCUT2D eigenvalue weighted by Crippen LogP contribution is 2.22. The van der Waals surface area contributed by atoms with Crippen LogP contribution in [0.3, 0.4) is 0 Å².